The van der Waals surface area contributed by atoms with Crippen LogP contribution in [0.3, 0.4) is 0 Å². The molecule has 2 atom stereocenters. The number of pyridine rings is 3. The predicted octanol–water partition coefficient (Wildman–Crippen LogP) is 2.62. The van der Waals surface area contributed by atoms with Crippen LogP contribution in [0, 0.1) is 5.82 Å². The van der Waals surface area contributed by atoms with Gasteiger partial charge in [-0.15, -0.1) is 0 Å². The number of carbonyl (C=O) groups is 2. The van der Waals surface area contributed by atoms with Gasteiger partial charge < -0.3 is 25.5 Å². The number of benzene rings is 1. The lowest BCUT2D eigenvalue weighted by atomic mass is 9.86. The molecule has 0 bridgehead atoms. The minimum atomic E-state index is -1.94. The number of nitrogens with zero attached hydrogens (tertiary/aromatic N) is 3. The Hall–Kier alpha value is -4.22. The Morgan fingerprint density at radius 2 is 2.05 bits per heavy atom. The highest BCUT2D eigenvalue weighted by Gasteiger charge is 2.45. The van der Waals surface area contributed by atoms with E-state index in [2.05, 4.69) is 10.3 Å². The second-order valence-corrected chi connectivity index (χ2v) is 10.0. The molecular formula is C28H26FN5O5. The van der Waals surface area contributed by atoms with Gasteiger partial charge in [-0.3, -0.25) is 14.6 Å². The maximum absolute atomic E-state index is 15.3. The Kier molecular flexibility index (Phi) is 5.56. The van der Waals surface area contributed by atoms with Gasteiger partial charge in [0.2, 0.25) is 5.91 Å². The number of aryl methyl sites for hydroxylation is 1. The average molecular weight is 532 g/mol. The smallest absolute Gasteiger partial charge is 0.343 e. The van der Waals surface area contributed by atoms with E-state index < -0.39 is 29.3 Å². The minimum absolute atomic E-state index is 0.0337. The summed E-state index contributed by atoms with van der Waals surface area (Å²) >= 11 is 0. The summed E-state index contributed by atoms with van der Waals surface area (Å²) in [4.78, 5) is 47.2. The molecule has 2 aliphatic heterocycles. The molecule has 0 saturated carbocycles. The maximum Gasteiger partial charge on any atom is 0.343 e. The molecule has 0 fully saturated rings. The van der Waals surface area contributed by atoms with Gasteiger partial charge in [-0.1, -0.05) is 13.8 Å². The van der Waals surface area contributed by atoms with Gasteiger partial charge in [0.05, 0.1) is 46.9 Å². The van der Waals surface area contributed by atoms with Crippen LogP contribution in [0.25, 0.3) is 33.2 Å². The summed E-state index contributed by atoms with van der Waals surface area (Å²) in [7, 11) is 0. The van der Waals surface area contributed by atoms with Gasteiger partial charge in [0.1, 0.15) is 12.1 Å². The lowest BCUT2D eigenvalue weighted by Crippen LogP contribution is -2.44. The van der Waals surface area contributed by atoms with Crippen LogP contribution in [-0.2, 0) is 39.5 Å². The molecule has 1 aromatic carbocycles. The van der Waals surface area contributed by atoms with Crippen molar-refractivity contribution in [1.29, 1.82) is 0 Å². The fourth-order valence-electron chi connectivity index (χ4n) is 5.64. The molecule has 5 heterocycles. The third-order valence-electron chi connectivity index (χ3n) is 7.72. The first-order valence-electron chi connectivity index (χ1n) is 12.8. The van der Waals surface area contributed by atoms with Gasteiger partial charge >= 0.3 is 5.97 Å². The number of carbonyl (C=O) groups excluding carboxylic acids is 2. The SMILES string of the molecule is CCc1c2c(nc3cc(F)c4ncc(NC(=O)[C@H](C)N)cc4c13)-c1cc3c(c(=O)n1C2)COC(=O)[C@]3(O)CC. The van der Waals surface area contributed by atoms with Crippen LogP contribution in [-0.4, -0.2) is 37.6 Å². The van der Waals surface area contributed by atoms with Gasteiger partial charge in [-0.2, -0.15) is 0 Å². The van der Waals surface area contributed by atoms with Crippen LogP contribution in [0.4, 0.5) is 10.1 Å². The third kappa shape index (κ3) is 3.50. The van der Waals surface area contributed by atoms with E-state index in [9.17, 15) is 19.5 Å². The fraction of sp³-hybridized carbons (Fsp3) is 0.321. The van der Waals surface area contributed by atoms with Gasteiger partial charge in [0.15, 0.2) is 11.4 Å². The van der Waals surface area contributed by atoms with Crippen LogP contribution in [0.5, 0.6) is 0 Å². The highest BCUT2D eigenvalue weighted by Crippen LogP contribution is 2.42. The lowest BCUT2D eigenvalue weighted by Gasteiger charge is -2.31. The van der Waals surface area contributed by atoms with E-state index in [1.54, 1.807) is 30.5 Å². The van der Waals surface area contributed by atoms with E-state index in [0.717, 1.165) is 11.1 Å². The summed E-state index contributed by atoms with van der Waals surface area (Å²) in [5.41, 5.74) is 7.26. The number of cyclic esters (lactones) is 1. The van der Waals surface area contributed by atoms with Crippen LogP contribution in [0.1, 0.15) is 49.4 Å². The number of nitrogens with one attached hydrogen (secondary N) is 1. The molecule has 0 unspecified atom stereocenters. The number of amides is 1. The number of esters is 1. The fourth-order valence-corrected chi connectivity index (χ4v) is 5.64. The largest absolute Gasteiger partial charge is 0.458 e. The summed E-state index contributed by atoms with van der Waals surface area (Å²) in [5.74, 6) is -1.78. The number of aliphatic hydroxyl groups is 1. The van der Waals surface area contributed by atoms with E-state index in [0.29, 0.717) is 39.8 Å². The molecule has 0 spiro atoms. The van der Waals surface area contributed by atoms with E-state index >= 15 is 4.39 Å². The second kappa shape index (κ2) is 8.65. The quantitative estimate of drug-likeness (QED) is 0.237. The first-order valence-corrected chi connectivity index (χ1v) is 12.8. The predicted molar refractivity (Wildman–Crippen MR) is 141 cm³/mol. The Morgan fingerprint density at radius 3 is 2.74 bits per heavy atom. The van der Waals surface area contributed by atoms with Crippen molar-refractivity contribution < 1.29 is 23.8 Å². The summed E-state index contributed by atoms with van der Waals surface area (Å²) < 4.78 is 21.9. The van der Waals surface area contributed by atoms with E-state index in [1.807, 2.05) is 6.92 Å². The van der Waals surface area contributed by atoms with E-state index in [-0.39, 0.29) is 41.8 Å². The Labute approximate surface area is 221 Å². The van der Waals surface area contributed by atoms with Crippen LogP contribution >= 0.6 is 0 Å². The van der Waals surface area contributed by atoms with Gasteiger partial charge in [0, 0.05) is 28.0 Å². The van der Waals surface area contributed by atoms with Crippen molar-refractivity contribution in [1.82, 2.24) is 14.5 Å². The van der Waals surface area contributed by atoms with Crippen molar-refractivity contribution in [2.24, 2.45) is 5.73 Å². The maximum atomic E-state index is 15.3. The van der Waals surface area contributed by atoms with E-state index in [4.69, 9.17) is 15.5 Å². The standard InChI is InChI=1S/C28H26FN5O5/c1-4-14-16-10-34-21(7-18-17(26(34)36)11-39-27(37)28(18,38)5-2)24(16)33-20-8-19(29)23-15(22(14)20)6-13(9-31-23)32-25(35)12(3)30/h6-9,12,38H,4-5,10-11,30H2,1-3H3,(H,32,35)/t12-,28-/m0/s1. The highest BCUT2D eigenvalue weighted by molar-refractivity contribution is 6.10. The molecule has 6 rings (SSSR count). The third-order valence-corrected chi connectivity index (χ3v) is 7.72. The molecular weight excluding hydrogens is 505 g/mol. The number of anilines is 1. The van der Waals surface area contributed by atoms with Crippen molar-refractivity contribution in [2.75, 3.05) is 5.32 Å². The topological polar surface area (TPSA) is 149 Å². The first kappa shape index (κ1) is 25.1. The highest BCUT2D eigenvalue weighted by atomic mass is 19.1. The summed E-state index contributed by atoms with van der Waals surface area (Å²) in [6.45, 7) is 5.15. The molecule has 0 saturated heterocycles. The Bertz CT molecular complexity index is 1810. The van der Waals surface area contributed by atoms with Gasteiger partial charge in [-0.25, -0.2) is 14.2 Å². The lowest BCUT2D eigenvalue weighted by molar-refractivity contribution is -0.172. The number of nitrogens with two attached hydrogens (primary N) is 1. The number of halogens is 1. The van der Waals surface area contributed by atoms with Gasteiger partial charge in [-0.05, 0) is 37.5 Å². The first-order chi connectivity index (χ1) is 18.6. The second-order valence-electron chi connectivity index (χ2n) is 10.0. The van der Waals surface area contributed by atoms with Crippen LogP contribution in [0.2, 0.25) is 0 Å². The molecule has 0 radical (unpaired) electrons. The number of ether oxygens (including phenoxy) is 1. The van der Waals surface area contributed by atoms with Crippen molar-refractivity contribution in [2.45, 2.75) is 58.4 Å². The summed E-state index contributed by atoms with van der Waals surface area (Å²) in [5, 5.41) is 15.0. The zero-order valence-electron chi connectivity index (χ0n) is 21.6. The number of fused-ring (bicyclic) bond motifs is 7. The molecule has 4 aromatic rings. The number of hydrogen-bond donors (Lipinski definition) is 3. The average Bonchev–Trinajstić information content (AvgIpc) is 3.28. The number of rotatable bonds is 4. The van der Waals surface area contributed by atoms with Crippen molar-refractivity contribution in [3.05, 3.63) is 62.8 Å². The molecule has 1 amide bonds. The zero-order valence-corrected chi connectivity index (χ0v) is 21.6. The molecule has 200 valence electrons. The van der Waals surface area contributed by atoms with Crippen molar-refractivity contribution in [3.8, 4) is 11.4 Å². The molecule has 2 aliphatic rings. The Morgan fingerprint density at radius 1 is 1.28 bits per heavy atom. The number of hydrogen-bond acceptors (Lipinski definition) is 8. The Balaban J connectivity index is 1.62. The van der Waals surface area contributed by atoms with Crippen molar-refractivity contribution >= 4 is 39.4 Å². The normalized spacial score (nSPS) is 18.5. The molecule has 10 nitrogen and oxygen atoms in total. The van der Waals surface area contributed by atoms with Crippen LogP contribution in [0.15, 0.2) is 29.2 Å². The molecule has 11 heteroatoms. The molecule has 4 N–H and O–H groups in total. The summed E-state index contributed by atoms with van der Waals surface area (Å²) in [6.07, 6.45) is 1.95. The van der Waals surface area contributed by atoms with Crippen molar-refractivity contribution in [3.63, 3.8) is 0 Å². The number of aromatic nitrogens is 3. The monoisotopic (exact) mass is 531 g/mol. The molecule has 39 heavy (non-hydrogen) atoms. The van der Waals surface area contributed by atoms with E-state index in [1.165, 1.54) is 12.3 Å². The van der Waals surface area contributed by atoms with Crippen LogP contribution < -0.4 is 16.6 Å². The van der Waals surface area contributed by atoms with Gasteiger partial charge in [0.25, 0.3) is 5.56 Å². The minimum Gasteiger partial charge on any atom is -0.458 e. The molecule has 3 aromatic heterocycles. The zero-order chi connectivity index (χ0) is 27.8. The summed E-state index contributed by atoms with van der Waals surface area (Å²) in [6, 6.07) is 3.85. The molecule has 0 aliphatic carbocycles.